The zero-order valence-electron chi connectivity index (χ0n) is 20.0. The lowest BCUT2D eigenvalue weighted by Gasteiger charge is -2.47. The monoisotopic (exact) mass is 458 g/mol. The van der Waals surface area contributed by atoms with E-state index in [1.807, 2.05) is 31.2 Å². The van der Waals surface area contributed by atoms with Crippen LogP contribution in [0.1, 0.15) is 51.8 Å². The van der Waals surface area contributed by atoms with Crippen molar-refractivity contribution in [2.75, 3.05) is 0 Å². The fraction of sp³-hybridized carbons (Fsp3) is 0.625. The number of nitrogens with zero attached hydrogens (tertiary/aromatic N) is 1. The first-order valence-corrected chi connectivity index (χ1v) is 14.3. The second-order valence-electron chi connectivity index (χ2n) is 10.9. The van der Waals surface area contributed by atoms with Gasteiger partial charge in [-0.2, -0.15) is 0 Å². The molecular weight excluding hydrogens is 424 g/mol. The Morgan fingerprint density at radius 3 is 2.50 bits per heavy atom. The van der Waals surface area contributed by atoms with Crippen LogP contribution in [0.4, 0.5) is 4.79 Å². The minimum absolute atomic E-state index is 0.0165. The highest BCUT2D eigenvalue weighted by molar-refractivity contribution is 6.74. The summed E-state index contributed by atoms with van der Waals surface area (Å²) in [7, 11) is -2.08. The van der Waals surface area contributed by atoms with Crippen LogP contribution in [0.15, 0.2) is 24.3 Å². The highest BCUT2D eigenvalue weighted by Gasteiger charge is 2.55. The molecule has 0 bridgehead atoms. The molecule has 1 aliphatic carbocycles. The van der Waals surface area contributed by atoms with Crippen molar-refractivity contribution in [1.29, 1.82) is 0 Å². The summed E-state index contributed by atoms with van der Waals surface area (Å²) in [6.45, 7) is 14.5. The van der Waals surface area contributed by atoms with Crippen LogP contribution in [0.25, 0.3) is 0 Å². The molecule has 0 radical (unpaired) electrons. The summed E-state index contributed by atoms with van der Waals surface area (Å²) in [5.41, 5.74) is 2.07. The van der Waals surface area contributed by atoms with E-state index in [1.165, 1.54) is 4.90 Å². The minimum Gasteiger partial charge on any atom is -0.443 e. The van der Waals surface area contributed by atoms with Gasteiger partial charge in [0.1, 0.15) is 12.1 Å². The lowest BCUT2D eigenvalue weighted by Crippen LogP contribution is -2.67. The molecule has 2 aliphatic heterocycles. The fourth-order valence-corrected chi connectivity index (χ4v) is 6.35. The molecule has 3 amide bonds. The van der Waals surface area contributed by atoms with Crippen molar-refractivity contribution in [3.05, 3.63) is 35.4 Å². The summed E-state index contributed by atoms with van der Waals surface area (Å²) in [5, 5.41) is 2.91. The SMILES string of the molecule is C[C@@H](O[Si](C)(C)C(C)(C)C)[C@H]1C(=O)N[C@@H]1[C@@H](C)C(=O)N1C(=O)OC2Cc3ccccc3[C@@H]21. The molecule has 3 aliphatic rings. The summed E-state index contributed by atoms with van der Waals surface area (Å²) in [5.74, 6) is -1.40. The Kier molecular flexibility index (Phi) is 5.53. The van der Waals surface area contributed by atoms with Gasteiger partial charge < -0.3 is 14.5 Å². The van der Waals surface area contributed by atoms with Crippen molar-refractivity contribution < 1.29 is 23.5 Å². The zero-order valence-corrected chi connectivity index (χ0v) is 21.0. The summed E-state index contributed by atoms with van der Waals surface area (Å²) < 4.78 is 12.0. The Bertz CT molecular complexity index is 956. The van der Waals surface area contributed by atoms with E-state index in [2.05, 4.69) is 39.2 Å². The molecule has 2 fully saturated rings. The average molecular weight is 459 g/mol. The number of imide groups is 1. The number of fused-ring (bicyclic) bond motifs is 3. The molecule has 1 unspecified atom stereocenters. The van der Waals surface area contributed by atoms with Crippen LogP contribution in [-0.4, -0.2) is 49.4 Å². The van der Waals surface area contributed by atoms with E-state index in [9.17, 15) is 14.4 Å². The largest absolute Gasteiger partial charge is 0.443 e. The number of hydrogen-bond donors (Lipinski definition) is 1. The molecule has 0 aromatic heterocycles. The average Bonchev–Trinajstić information content (AvgIpc) is 3.17. The van der Waals surface area contributed by atoms with E-state index >= 15 is 0 Å². The smallest absolute Gasteiger partial charge is 0.417 e. The van der Waals surface area contributed by atoms with Gasteiger partial charge >= 0.3 is 6.09 Å². The maximum Gasteiger partial charge on any atom is 0.417 e. The van der Waals surface area contributed by atoms with Gasteiger partial charge in [-0.3, -0.25) is 9.59 Å². The second-order valence-corrected chi connectivity index (χ2v) is 15.7. The van der Waals surface area contributed by atoms with Crippen molar-refractivity contribution in [2.45, 2.75) is 83.5 Å². The van der Waals surface area contributed by atoms with E-state index in [4.69, 9.17) is 9.16 Å². The molecule has 1 aromatic rings. The van der Waals surface area contributed by atoms with E-state index in [-0.39, 0.29) is 35.1 Å². The highest BCUT2D eigenvalue weighted by Crippen LogP contribution is 2.44. The number of ether oxygens (including phenoxy) is 1. The summed E-state index contributed by atoms with van der Waals surface area (Å²) in [6.07, 6.45) is -0.636. The van der Waals surface area contributed by atoms with E-state index < -0.39 is 32.3 Å². The van der Waals surface area contributed by atoms with Gasteiger partial charge in [0.15, 0.2) is 8.32 Å². The third-order valence-electron chi connectivity index (χ3n) is 7.83. The second kappa shape index (κ2) is 7.69. The van der Waals surface area contributed by atoms with E-state index in [0.29, 0.717) is 6.42 Å². The van der Waals surface area contributed by atoms with Gasteiger partial charge in [-0.25, -0.2) is 9.69 Å². The molecule has 2 saturated heterocycles. The molecule has 0 saturated carbocycles. The number of β-lactam (4-membered cyclic amide) rings is 1. The minimum atomic E-state index is -2.08. The molecule has 6 atom stereocenters. The number of carbonyl (C=O) groups is 3. The number of carbonyl (C=O) groups excluding carboxylic acids is 3. The highest BCUT2D eigenvalue weighted by atomic mass is 28.4. The van der Waals surface area contributed by atoms with Gasteiger partial charge in [0.25, 0.3) is 0 Å². The first-order valence-electron chi connectivity index (χ1n) is 11.4. The molecule has 4 rings (SSSR count). The summed E-state index contributed by atoms with van der Waals surface area (Å²) in [4.78, 5) is 39.9. The van der Waals surface area contributed by atoms with Crippen LogP contribution in [0, 0.1) is 11.8 Å². The van der Waals surface area contributed by atoms with Crippen LogP contribution in [0.5, 0.6) is 0 Å². The first-order chi connectivity index (χ1) is 14.8. The molecule has 2 heterocycles. The number of benzene rings is 1. The van der Waals surface area contributed by atoms with E-state index in [1.54, 1.807) is 6.92 Å². The number of hydrogen-bond acceptors (Lipinski definition) is 5. The zero-order chi connectivity index (χ0) is 23.6. The number of amides is 3. The van der Waals surface area contributed by atoms with Crippen molar-refractivity contribution in [3.63, 3.8) is 0 Å². The molecule has 1 aromatic carbocycles. The van der Waals surface area contributed by atoms with Crippen molar-refractivity contribution in [1.82, 2.24) is 10.2 Å². The van der Waals surface area contributed by atoms with Crippen LogP contribution >= 0.6 is 0 Å². The molecular formula is C24H34N2O5Si. The Morgan fingerprint density at radius 1 is 1.22 bits per heavy atom. The maximum atomic E-state index is 13.5. The molecule has 0 spiro atoms. The van der Waals surface area contributed by atoms with E-state index in [0.717, 1.165) is 11.1 Å². The quantitative estimate of drug-likeness (QED) is 0.536. The van der Waals surface area contributed by atoms with Crippen molar-refractivity contribution in [2.24, 2.45) is 11.8 Å². The molecule has 174 valence electrons. The maximum absolute atomic E-state index is 13.5. The van der Waals surface area contributed by atoms with Gasteiger partial charge in [-0.05, 0) is 36.2 Å². The fourth-order valence-electron chi connectivity index (χ4n) is 4.92. The van der Waals surface area contributed by atoms with Crippen LogP contribution in [0.3, 0.4) is 0 Å². The van der Waals surface area contributed by atoms with Gasteiger partial charge in [0.2, 0.25) is 11.8 Å². The number of nitrogens with one attached hydrogen (secondary N) is 1. The van der Waals surface area contributed by atoms with Gasteiger partial charge in [-0.15, -0.1) is 0 Å². The standard InChI is InChI=1S/C24H34N2O5Si/c1-13(19-18(21(27)25-19)14(2)31-32(6,7)24(3,4)5)22(28)26-20-16-11-9-8-10-15(16)12-17(20)30-23(26)29/h8-11,13-14,17-20H,12H2,1-7H3,(H,25,27)/t13-,14-,17?,18-,19-,20+/m1/s1. The van der Waals surface area contributed by atoms with Crippen LogP contribution in [0.2, 0.25) is 18.1 Å². The topological polar surface area (TPSA) is 84.9 Å². The predicted octanol–water partition coefficient (Wildman–Crippen LogP) is 3.79. The Morgan fingerprint density at radius 2 is 1.88 bits per heavy atom. The Balaban J connectivity index is 1.51. The first kappa shape index (κ1) is 23.0. The van der Waals surface area contributed by atoms with Gasteiger partial charge in [-0.1, -0.05) is 52.0 Å². The molecule has 8 heteroatoms. The Labute approximate surface area is 191 Å². The third-order valence-corrected chi connectivity index (χ3v) is 12.4. The van der Waals surface area contributed by atoms with Gasteiger partial charge in [0.05, 0.1) is 24.0 Å². The van der Waals surface area contributed by atoms with Crippen LogP contribution in [-0.2, 0) is 25.2 Å². The molecule has 7 nitrogen and oxygen atoms in total. The summed E-state index contributed by atoms with van der Waals surface area (Å²) in [6, 6.07) is 7.06. The number of rotatable bonds is 5. The predicted molar refractivity (Wildman–Crippen MR) is 122 cm³/mol. The summed E-state index contributed by atoms with van der Waals surface area (Å²) >= 11 is 0. The molecule has 32 heavy (non-hydrogen) atoms. The van der Waals surface area contributed by atoms with Crippen molar-refractivity contribution >= 4 is 26.2 Å². The Hall–Kier alpha value is -2.19. The lowest BCUT2D eigenvalue weighted by atomic mass is 9.78. The third kappa shape index (κ3) is 3.57. The lowest BCUT2D eigenvalue weighted by molar-refractivity contribution is -0.147. The normalized spacial score (nSPS) is 28.9. The van der Waals surface area contributed by atoms with Crippen LogP contribution < -0.4 is 5.32 Å². The van der Waals surface area contributed by atoms with Gasteiger partial charge in [0, 0.05) is 6.42 Å². The van der Waals surface area contributed by atoms with Crippen molar-refractivity contribution in [3.8, 4) is 0 Å². The molecule has 1 N–H and O–H groups in total.